The van der Waals surface area contributed by atoms with E-state index in [1.807, 2.05) is 14.0 Å². The molecule has 0 amide bonds. The molecule has 0 spiro atoms. The van der Waals surface area contributed by atoms with E-state index in [0.29, 0.717) is 6.61 Å². The molecule has 4 heteroatoms. The molecule has 1 atom stereocenters. The molecule has 1 aromatic carbocycles. The van der Waals surface area contributed by atoms with Crippen molar-refractivity contribution in [2.45, 2.75) is 25.8 Å². The maximum atomic E-state index is 13.3. The third-order valence-corrected chi connectivity index (χ3v) is 3.51. The predicted molar refractivity (Wildman–Crippen MR) is 75.8 cm³/mol. The van der Waals surface area contributed by atoms with Crippen molar-refractivity contribution >= 4 is 5.69 Å². The molecule has 106 valence electrons. The van der Waals surface area contributed by atoms with Crippen LogP contribution in [-0.2, 0) is 4.74 Å². The van der Waals surface area contributed by atoms with Crippen molar-refractivity contribution < 1.29 is 9.13 Å². The van der Waals surface area contributed by atoms with Gasteiger partial charge in [-0.1, -0.05) is 0 Å². The van der Waals surface area contributed by atoms with Gasteiger partial charge >= 0.3 is 0 Å². The molecule has 3 nitrogen and oxygen atoms in total. The largest absolute Gasteiger partial charge is 0.379 e. The van der Waals surface area contributed by atoms with Gasteiger partial charge in [-0.15, -0.1) is 0 Å². The minimum Gasteiger partial charge on any atom is -0.379 e. The Labute approximate surface area is 114 Å². The van der Waals surface area contributed by atoms with Crippen LogP contribution in [0.2, 0.25) is 0 Å². The summed E-state index contributed by atoms with van der Waals surface area (Å²) < 4.78 is 18.9. The fourth-order valence-electron chi connectivity index (χ4n) is 2.09. The highest BCUT2D eigenvalue weighted by atomic mass is 19.1. The number of benzene rings is 1. The third-order valence-electron chi connectivity index (χ3n) is 3.51. The Morgan fingerprint density at radius 3 is 2.84 bits per heavy atom. The molecule has 2 rings (SSSR count). The maximum Gasteiger partial charge on any atom is 0.123 e. The first-order chi connectivity index (χ1) is 9.08. The Kier molecular flexibility index (Phi) is 4.77. The van der Waals surface area contributed by atoms with E-state index >= 15 is 0 Å². The molecular weight excluding hydrogens is 243 g/mol. The van der Waals surface area contributed by atoms with Gasteiger partial charge in [0, 0.05) is 31.9 Å². The lowest BCUT2D eigenvalue weighted by Crippen LogP contribution is -2.25. The minimum atomic E-state index is -0.241. The average Bonchev–Trinajstić information content (AvgIpc) is 3.18. The standard InChI is InChI=1S/C15H23FN2O/c1-11(17)14-9-13(16)5-6-15(14)18(2)7-8-19-10-12-3-4-12/h5-6,9,11-12H,3-4,7-8,10,17H2,1-2H3/t11-/m1/s1. The lowest BCUT2D eigenvalue weighted by atomic mass is 10.1. The molecule has 1 aliphatic rings. The van der Waals surface area contributed by atoms with E-state index in [1.54, 1.807) is 6.07 Å². The lowest BCUT2D eigenvalue weighted by Gasteiger charge is -2.24. The molecule has 1 aliphatic carbocycles. The molecule has 19 heavy (non-hydrogen) atoms. The smallest absolute Gasteiger partial charge is 0.123 e. The van der Waals surface area contributed by atoms with Gasteiger partial charge < -0.3 is 15.4 Å². The molecule has 0 bridgehead atoms. The summed E-state index contributed by atoms with van der Waals surface area (Å²) in [7, 11) is 1.99. The van der Waals surface area contributed by atoms with Gasteiger partial charge in [0.1, 0.15) is 5.82 Å². The molecule has 0 unspecified atom stereocenters. The number of rotatable bonds is 7. The van der Waals surface area contributed by atoms with E-state index < -0.39 is 0 Å². The molecule has 0 radical (unpaired) electrons. The van der Waals surface area contributed by atoms with Crippen LogP contribution in [0.25, 0.3) is 0 Å². The van der Waals surface area contributed by atoms with Crippen LogP contribution in [0.5, 0.6) is 0 Å². The first-order valence-electron chi connectivity index (χ1n) is 6.92. The van der Waals surface area contributed by atoms with Gasteiger partial charge in [-0.05, 0) is 49.4 Å². The van der Waals surface area contributed by atoms with Crippen LogP contribution < -0.4 is 10.6 Å². The second-order valence-electron chi connectivity index (χ2n) is 5.43. The minimum absolute atomic E-state index is 0.180. The van der Waals surface area contributed by atoms with Crippen LogP contribution in [0.15, 0.2) is 18.2 Å². The first kappa shape index (κ1) is 14.3. The second-order valence-corrected chi connectivity index (χ2v) is 5.43. The van der Waals surface area contributed by atoms with E-state index in [9.17, 15) is 4.39 Å². The number of nitrogens with two attached hydrogens (primary N) is 1. The van der Waals surface area contributed by atoms with Gasteiger partial charge in [-0.3, -0.25) is 0 Å². The number of hydrogen-bond acceptors (Lipinski definition) is 3. The molecular formula is C15H23FN2O. The highest BCUT2D eigenvalue weighted by Crippen LogP contribution is 2.29. The summed E-state index contributed by atoms with van der Waals surface area (Å²) in [6, 6.07) is 4.60. The zero-order valence-electron chi connectivity index (χ0n) is 11.7. The number of anilines is 1. The molecule has 0 heterocycles. The van der Waals surface area contributed by atoms with Crippen LogP contribution in [0.4, 0.5) is 10.1 Å². The van der Waals surface area contributed by atoms with Crippen LogP contribution >= 0.6 is 0 Å². The van der Waals surface area contributed by atoms with Gasteiger partial charge in [0.05, 0.1) is 6.61 Å². The fraction of sp³-hybridized carbons (Fsp3) is 0.600. The number of nitrogens with zero attached hydrogens (tertiary/aromatic N) is 1. The van der Waals surface area contributed by atoms with E-state index in [1.165, 1.54) is 25.0 Å². The Bertz CT molecular complexity index is 419. The molecule has 1 fully saturated rings. The topological polar surface area (TPSA) is 38.5 Å². The summed E-state index contributed by atoms with van der Waals surface area (Å²) in [5.41, 5.74) is 7.72. The highest BCUT2D eigenvalue weighted by Gasteiger charge is 2.21. The van der Waals surface area contributed by atoms with Gasteiger partial charge in [-0.25, -0.2) is 4.39 Å². The van der Waals surface area contributed by atoms with E-state index in [2.05, 4.69) is 4.90 Å². The summed E-state index contributed by atoms with van der Waals surface area (Å²) in [5, 5.41) is 0. The van der Waals surface area contributed by atoms with Crippen molar-refractivity contribution in [2.75, 3.05) is 31.7 Å². The predicted octanol–water partition coefficient (Wildman–Crippen LogP) is 2.71. The van der Waals surface area contributed by atoms with Gasteiger partial charge in [0.2, 0.25) is 0 Å². The third kappa shape index (κ3) is 4.18. The van der Waals surface area contributed by atoms with Crippen LogP contribution in [0.3, 0.4) is 0 Å². The number of ether oxygens (including phenoxy) is 1. The van der Waals surface area contributed by atoms with Gasteiger partial charge in [0.25, 0.3) is 0 Å². The Balaban J connectivity index is 1.90. The monoisotopic (exact) mass is 266 g/mol. The van der Waals surface area contributed by atoms with Gasteiger partial charge in [-0.2, -0.15) is 0 Å². The molecule has 0 aromatic heterocycles. The van der Waals surface area contributed by atoms with Crippen molar-refractivity contribution in [1.82, 2.24) is 0 Å². The Morgan fingerprint density at radius 2 is 2.21 bits per heavy atom. The Hall–Kier alpha value is -1.13. The van der Waals surface area contributed by atoms with Crippen molar-refractivity contribution in [1.29, 1.82) is 0 Å². The molecule has 1 saturated carbocycles. The van der Waals surface area contributed by atoms with Crippen LogP contribution in [0, 0.1) is 11.7 Å². The van der Waals surface area contributed by atoms with Crippen LogP contribution in [0.1, 0.15) is 31.4 Å². The summed E-state index contributed by atoms with van der Waals surface area (Å²) in [4.78, 5) is 2.07. The molecule has 0 saturated heterocycles. The van der Waals surface area contributed by atoms with Crippen molar-refractivity contribution in [3.05, 3.63) is 29.6 Å². The Morgan fingerprint density at radius 1 is 1.47 bits per heavy atom. The number of hydrogen-bond donors (Lipinski definition) is 1. The van der Waals surface area contributed by atoms with Crippen LogP contribution in [-0.4, -0.2) is 26.8 Å². The lowest BCUT2D eigenvalue weighted by molar-refractivity contribution is 0.131. The van der Waals surface area contributed by atoms with E-state index in [0.717, 1.165) is 30.3 Å². The highest BCUT2D eigenvalue weighted by molar-refractivity contribution is 5.54. The average molecular weight is 266 g/mol. The van der Waals surface area contributed by atoms with Crippen molar-refractivity contribution in [2.24, 2.45) is 11.7 Å². The SMILES string of the molecule is C[C@@H](N)c1cc(F)ccc1N(C)CCOCC1CC1. The summed E-state index contributed by atoms with van der Waals surface area (Å²) >= 11 is 0. The summed E-state index contributed by atoms with van der Waals surface area (Å²) in [6.07, 6.45) is 2.62. The van der Waals surface area contributed by atoms with Crippen molar-refractivity contribution in [3.8, 4) is 0 Å². The summed E-state index contributed by atoms with van der Waals surface area (Å²) in [6.45, 7) is 4.23. The van der Waals surface area contributed by atoms with Gasteiger partial charge in [0.15, 0.2) is 0 Å². The quantitative estimate of drug-likeness (QED) is 0.771. The first-order valence-corrected chi connectivity index (χ1v) is 6.92. The normalized spacial score (nSPS) is 16.4. The molecule has 1 aromatic rings. The summed E-state index contributed by atoms with van der Waals surface area (Å²) in [5.74, 6) is 0.546. The molecule has 2 N–H and O–H groups in total. The zero-order valence-corrected chi connectivity index (χ0v) is 11.7. The van der Waals surface area contributed by atoms with Crippen molar-refractivity contribution in [3.63, 3.8) is 0 Å². The number of halogens is 1. The molecule has 0 aliphatic heterocycles. The second kappa shape index (κ2) is 6.35. The zero-order chi connectivity index (χ0) is 13.8. The fourth-order valence-corrected chi connectivity index (χ4v) is 2.09. The number of likely N-dealkylation sites (N-methyl/N-ethyl adjacent to an activating group) is 1. The maximum absolute atomic E-state index is 13.3. The van der Waals surface area contributed by atoms with E-state index in [4.69, 9.17) is 10.5 Å². The van der Waals surface area contributed by atoms with E-state index in [-0.39, 0.29) is 11.9 Å².